The van der Waals surface area contributed by atoms with Crippen LogP contribution in [-0.2, 0) is 65.4 Å². The first-order valence-corrected chi connectivity index (χ1v) is 42.6. The van der Waals surface area contributed by atoms with Crippen molar-refractivity contribution in [3.63, 3.8) is 0 Å². The Morgan fingerprint density at radius 2 is 0.484 bits per heavy atom. The largest absolute Gasteiger partial charge is 0.472 e. The zero-order valence-electron chi connectivity index (χ0n) is 61.8. The Labute approximate surface area is 581 Å². The highest BCUT2D eigenvalue weighted by Crippen LogP contribution is 2.45. The molecule has 95 heavy (non-hydrogen) atoms. The lowest BCUT2D eigenvalue weighted by Crippen LogP contribution is -2.30. The summed E-state index contributed by atoms with van der Waals surface area (Å²) in [5.41, 5.74) is 0. The van der Waals surface area contributed by atoms with Gasteiger partial charge in [0.15, 0.2) is 12.2 Å². The molecule has 0 rings (SSSR count). The molecule has 2 unspecified atom stereocenters. The second-order valence-electron chi connectivity index (χ2n) is 27.9. The number of unbranched alkanes of at least 4 members (excludes halogenated alkanes) is 48. The van der Waals surface area contributed by atoms with Crippen molar-refractivity contribution < 1.29 is 80.2 Å². The molecule has 3 N–H and O–H groups in total. The van der Waals surface area contributed by atoms with Crippen LogP contribution in [-0.4, -0.2) is 96.7 Å². The number of phosphoric ester groups is 2. The minimum Gasteiger partial charge on any atom is -0.462 e. The van der Waals surface area contributed by atoms with Crippen molar-refractivity contribution in [3.05, 3.63) is 0 Å². The summed E-state index contributed by atoms with van der Waals surface area (Å²) < 4.78 is 68.5. The molecule has 0 radical (unpaired) electrons. The monoisotopic (exact) mass is 1400 g/mol. The molecule has 0 aromatic heterocycles. The number of ether oxygens (including phenoxy) is 4. The van der Waals surface area contributed by atoms with E-state index in [1.165, 1.54) is 225 Å². The van der Waals surface area contributed by atoms with Gasteiger partial charge in [0, 0.05) is 25.7 Å². The van der Waals surface area contributed by atoms with Crippen molar-refractivity contribution in [1.29, 1.82) is 0 Å². The predicted molar refractivity (Wildman–Crippen MR) is 386 cm³/mol. The van der Waals surface area contributed by atoms with Gasteiger partial charge in [-0.05, 0) is 31.6 Å². The Bertz CT molecular complexity index is 1820. The van der Waals surface area contributed by atoms with Gasteiger partial charge in [0.1, 0.15) is 19.3 Å². The molecule has 0 saturated carbocycles. The second-order valence-corrected chi connectivity index (χ2v) is 30.8. The molecule has 0 aromatic carbocycles. The van der Waals surface area contributed by atoms with Gasteiger partial charge in [0.05, 0.1) is 26.4 Å². The van der Waals surface area contributed by atoms with Gasteiger partial charge in [0.25, 0.3) is 0 Å². The van der Waals surface area contributed by atoms with Crippen molar-refractivity contribution in [2.45, 2.75) is 419 Å². The third-order valence-corrected chi connectivity index (χ3v) is 19.7. The molecule has 564 valence electrons. The van der Waals surface area contributed by atoms with Gasteiger partial charge in [-0.1, -0.05) is 349 Å². The van der Waals surface area contributed by atoms with E-state index in [0.29, 0.717) is 25.7 Å². The fraction of sp³-hybridized carbons (Fsp3) is 0.947. The van der Waals surface area contributed by atoms with E-state index in [9.17, 15) is 43.2 Å². The summed E-state index contributed by atoms with van der Waals surface area (Å²) in [6, 6.07) is 0. The lowest BCUT2D eigenvalue weighted by molar-refractivity contribution is -0.161. The first kappa shape index (κ1) is 93.1. The van der Waals surface area contributed by atoms with E-state index in [0.717, 1.165) is 95.8 Å². The lowest BCUT2D eigenvalue weighted by atomic mass is 10.0. The maximum Gasteiger partial charge on any atom is 0.472 e. The van der Waals surface area contributed by atoms with Crippen LogP contribution in [0.25, 0.3) is 0 Å². The predicted octanol–water partition coefficient (Wildman–Crippen LogP) is 22.5. The SMILES string of the molecule is CCCCCCCCCCCCCCCCCCCCCCC(=O)O[C@H](COC(=O)CCCCCCCCCCCCCCCCC)COP(=O)(O)OC[C@@H](O)COP(=O)(O)OC[C@@H](COC(=O)CCCCCCCCCCC)OC(=O)CCCCCCCCCCC(C)C. The summed E-state index contributed by atoms with van der Waals surface area (Å²) in [7, 11) is -9.91. The van der Waals surface area contributed by atoms with Crippen LogP contribution in [0.15, 0.2) is 0 Å². The van der Waals surface area contributed by atoms with Gasteiger partial charge >= 0.3 is 39.5 Å². The van der Waals surface area contributed by atoms with Gasteiger partial charge in [-0.25, -0.2) is 9.13 Å². The number of rotatable bonds is 76. The highest BCUT2D eigenvalue weighted by atomic mass is 31.2. The number of phosphoric acid groups is 2. The normalized spacial score (nSPS) is 13.9. The third-order valence-electron chi connectivity index (χ3n) is 17.8. The van der Waals surface area contributed by atoms with Gasteiger partial charge in [0.2, 0.25) is 0 Å². The van der Waals surface area contributed by atoms with Gasteiger partial charge in [-0.2, -0.15) is 0 Å². The van der Waals surface area contributed by atoms with E-state index in [4.69, 9.17) is 37.0 Å². The fourth-order valence-corrected chi connectivity index (χ4v) is 13.3. The molecular formula is C76H148O17P2. The van der Waals surface area contributed by atoms with E-state index >= 15 is 0 Å². The summed E-state index contributed by atoms with van der Waals surface area (Å²) >= 11 is 0. The molecule has 0 saturated heterocycles. The lowest BCUT2D eigenvalue weighted by Gasteiger charge is -2.21. The molecule has 0 bridgehead atoms. The van der Waals surface area contributed by atoms with Crippen molar-refractivity contribution >= 4 is 39.5 Å². The molecule has 0 spiro atoms. The third kappa shape index (κ3) is 70.3. The van der Waals surface area contributed by atoms with Crippen molar-refractivity contribution in [2.75, 3.05) is 39.6 Å². The van der Waals surface area contributed by atoms with Crippen LogP contribution in [0.1, 0.15) is 401 Å². The number of aliphatic hydroxyl groups excluding tert-OH is 1. The number of carbonyl (C=O) groups excluding carboxylic acids is 4. The molecular weight excluding hydrogens is 1250 g/mol. The molecule has 0 aliphatic heterocycles. The number of hydrogen-bond donors (Lipinski definition) is 3. The molecule has 19 heteroatoms. The highest BCUT2D eigenvalue weighted by Gasteiger charge is 2.30. The Balaban J connectivity index is 5.20. The van der Waals surface area contributed by atoms with Crippen LogP contribution in [0.2, 0.25) is 0 Å². The maximum absolute atomic E-state index is 13.1. The van der Waals surface area contributed by atoms with Crippen LogP contribution >= 0.6 is 15.6 Å². The smallest absolute Gasteiger partial charge is 0.462 e. The maximum atomic E-state index is 13.1. The molecule has 17 nitrogen and oxygen atoms in total. The van der Waals surface area contributed by atoms with Crippen LogP contribution in [0, 0.1) is 5.92 Å². The average Bonchev–Trinajstić information content (AvgIpc) is 1.64. The molecule has 0 amide bonds. The first-order chi connectivity index (χ1) is 46.0. The van der Waals surface area contributed by atoms with Crippen LogP contribution in [0.3, 0.4) is 0 Å². The van der Waals surface area contributed by atoms with Crippen molar-refractivity contribution in [1.82, 2.24) is 0 Å². The summed E-state index contributed by atoms with van der Waals surface area (Å²) in [6.45, 7) is 7.23. The number of aliphatic hydroxyl groups is 1. The van der Waals surface area contributed by atoms with Crippen molar-refractivity contribution in [3.8, 4) is 0 Å². The standard InChI is InChI=1S/C76H148O17P2/c1-6-9-12-15-18-21-23-25-27-28-29-30-31-33-35-37-40-46-51-56-61-75(80)92-71(66-87-74(79)60-55-50-45-39-36-34-32-26-24-22-19-16-13-10-7-2)67-90-94(82,83)88-63-70(77)64-89-95(84,85)91-68-72(65-86-73(78)59-54-49-44-38-20-17-14-11-8-3)93-76(81)62-57-52-47-42-41-43-48-53-58-69(4)5/h69-72,77H,6-68H2,1-5H3,(H,82,83)(H,84,85)/t70-,71-,72-/m1/s1. The molecule has 5 atom stereocenters. The highest BCUT2D eigenvalue weighted by molar-refractivity contribution is 7.47. The molecule has 0 aliphatic carbocycles. The summed E-state index contributed by atoms with van der Waals surface area (Å²) in [5, 5.41) is 10.6. The number of hydrogen-bond acceptors (Lipinski definition) is 15. The zero-order chi connectivity index (χ0) is 69.8. The fourth-order valence-electron chi connectivity index (χ4n) is 11.7. The Morgan fingerprint density at radius 1 is 0.284 bits per heavy atom. The van der Waals surface area contributed by atoms with E-state index < -0.39 is 97.5 Å². The second kappa shape index (κ2) is 69.2. The Morgan fingerprint density at radius 3 is 0.716 bits per heavy atom. The topological polar surface area (TPSA) is 237 Å². The first-order valence-electron chi connectivity index (χ1n) is 39.6. The van der Waals surface area contributed by atoms with Crippen molar-refractivity contribution in [2.24, 2.45) is 5.92 Å². The van der Waals surface area contributed by atoms with Gasteiger partial charge in [-0.3, -0.25) is 37.3 Å². The van der Waals surface area contributed by atoms with E-state index in [1.807, 2.05) is 0 Å². The van der Waals surface area contributed by atoms with E-state index in [2.05, 4.69) is 34.6 Å². The molecule has 0 aromatic rings. The van der Waals surface area contributed by atoms with Crippen LogP contribution < -0.4 is 0 Å². The summed E-state index contributed by atoms with van der Waals surface area (Å²) in [5.74, 6) is -1.40. The summed E-state index contributed by atoms with van der Waals surface area (Å²) in [4.78, 5) is 72.7. The van der Waals surface area contributed by atoms with E-state index in [1.54, 1.807) is 0 Å². The van der Waals surface area contributed by atoms with Gasteiger partial charge in [-0.15, -0.1) is 0 Å². The van der Waals surface area contributed by atoms with Crippen LogP contribution in [0.5, 0.6) is 0 Å². The molecule has 0 aliphatic rings. The van der Waals surface area contributed by atoms with Crippen LogP contribution in [0.4, 0.5) is 0 Å². The van der Waals surface area contributed by atoms with E-state index in [-0.39, 0.29) is 25.7 Å². The zero-order valence-corrected chi connectivity index (χ0v) is 63.6. The Kier molecular flexibility index (Phi) is 67.7. The minimum absolute atomic E-state index is 0.105. The number of carbonyl (C=O) groups is 4. The molecule has 0 fully saturated rings. The Hall–Kier alpha value is -1.94. The minimum atomic E-state index is -4.96. The quantitative estimate of drug-likeness (QED) is 0.0222. The summed E-state index contributed by atoms with van der Waals surface area (Å²) in [6.07, 6.45) is 58.4. The molecule has 0 heterocycles. The number of esters is 4. The average molecular weight is 1400 g/mol. The van der Waals surface area contributed by atoms with Gasteiger partial charge < -0.3 is 33.8 Å².